The zero-order valence-electron chi connectivity index (χ0n) is 15.5. The molecule has 0 spiro atoms. The molecule has 2 heterocycles. The van der Waals surface area contributed by atoms with E-state index in [-0.39, 0.29) is 5.41 Å². The highest BCUT2D eigenvalue weighted by Gasteiger charge is 2.31. The number of rotatable bonds is 5. The maximum atomic E-state index is 4.86. The SMILES string of the molecule is CC(C)(CNc1nc(-c2ccccc2)c2ccccc2n1)C1CCCN1. The van der Waals surface area contributed by atoms with Crippen molar-refractivity contribution in [3.63, 3.8) is 0 Å². The summed E-state index contributed by atoms with van der Waals surface area (Å²) in [6, 6.07) is 19.1. The molecule has 1 saturated heterocycles. The van der Waals surface area contributed by atoms with Crippen molar-refractivity contribution in [2.24, 2.45) is 5.41 Å². The van der Waals surface area contributed by atoms with E-state index in [4.69, 9.17) is 9.97 Å². The highest BCUT2D eigenvalue weighted by Crippen LogP contribution is 2.29. The van der Waals surface area contributed by atoms with Gasteiger partial charge in [-0.05, 0) is 30.9 Å². The van der Waals surface area contributed by atoms with E-state index in [1.807, 2.05) is 30.3 Å². The fraction of sp³-hybridized carbons (Fsp3) is 0.364. The predicted octanol–water partition coefficient (Wildman–Crippen LogP) is 4.49. The van der Waals surface area contributed by atoms with Crippen LogP contribution in [0, 0.1) is 5.41 Å². The lowest BCUT2D eigenvalue weighted by molar-refractivity contribution is 0.281. The van der Waals surface area contributed by atoms with Gasteiger partial charge in [0.05, 0.1) is 11.2 Å². The molecule has 134 valence electrons. The van der Waals surface area contributed by atoms with Crippen molar-refractivity contribution in [3.8, 4) is 11.3 Å². The van der Waals surface area contributed by atoms with Crippen molar-refractivity contribution < 1.29 is 0 Å². The lowest BCUT2D eigenvalue weighted by atomic mass is 9.83. The van der Waals surface area contributed by atoms with Gasteiger partial charge in [0.2, 0.25) is 5.95 Å². The molecular weight excluding hydrogens is 320 g/mol. The summed E-state index contributed by atoms with van der Waals surface area (Å²) in [7, 11) is 0. The molecule has 2 N–H and O–H groups in total. The summed E-state index contributed by atoms with van der Waals surface area (Å²) >= 11 is 0. The number of aromatic nitrogens is 2. The van der Waals surface area contributed by atoms with E-state index in [1.54, 1.807) is 0 Å². The third-order valence-electron chi connectivity index (χ3n) is 5.36. The Kier molecular flexibility index (Phi) is 4.60. The molecule has 1 unspecified atom stereocenters. The molecule has 1 atom stereocenters. The first kappa shape index (κ1) is 17.0. The molecule has 1 aliphatic heterocycles. The van der Waals surface area contributed by atoms with Gasteiger partial charge >= 0.3 is 0 Å². The minimum Gasteiger partial charge on any atom is -0.354 e. The minimum atomic E-state index is 0.151. The van der Waals surface area contributed by atoms with E-state index >= 15 is 0 Å². The third-order valence-corrected chi connectivity index (χ3v) is 5.36. The summed E-state index contributed by atoms with van der Waals surface area (Å²) in [4.78, 5) is 9.61. The smallest absolute Gasteiger partial charge is 0.223 e. The van der Waals surface area contributed by atoms with Crippen molar-refractivity contribution in [1.29, 1.82) is 0 Å². The lowest BCUT2D eigenvalue weighted by Gasteiger charge is -2.32. The van der Waals surface area contributed by atoms with Crippen molar-refractivity contribution in [3.05, 3.63) is 54.6 Å². The van der Waals surface area contributed by atoms with Gasteiger partial charge in [0, 0.05) is 23.5 Å². The van der Waals surface area contributed by atoms with E-state index in [0.29, 0.717) is 12.0 Å². The number of fused-ring (bicyclic) bond motifs is 1. The Labute approximate surface area is 155 Å². The summed E-state index contributed by atoms with van der Waals surface area (Å²) in [6.07, 6.45) is 2.50. The largest absolute Gasteiger partial charge is 0.354 e. The summed E-state index contributed by atoms with van der Waals surface area (Å²) in [5.41, 5.74) is 3.22. The molecule has 4 nitrogen and oxygen atoms in total. The number of hydrogen-bond donors (Lipinski definition) is 2. The van der Waals surface area contributed by atoms with Gasteiger partial charge in [0.1, 0.15) is 0 Å². The van der Waals surface area contributed by atoms with Crippen LogP contribution in [0.4, 0.5) is 5.95 Å². The lowest BCUT2D eigenvalue weighted by Crippen LogP contribution is -2.42. The number of anilines is 1. The zero-order valence-corrected chi connectivity index (χ0v) is 15.5. The number of para-hydroxylation sites is 1. The molecule has 0 radical (unpaired) electrons. The highest BCUT2D eigenvalue weighted by atomic mass is 15.1. The van der Waals surface area contributed by atoms with Gasteiger partial charge in [0.15, 0.2) is 0 Å². The first-order valence-electron chi connectivity index (χ1n) is 9.43. The fourth-order valence-electron chi connectivity index (χ4n) is 3.75. The molecular formula is C22H26N4. The van der Waals surface area contributed by atoms with Crippen LogP contribution in [-0.2, 0) is 0 Å². The highest BCUT2D eigenvalue weighted by molar-refractivity contribution is 5.93. The Bertz CT molecular complexity index is 883. The summed E-state index contributed by atoms with van der Waals surface area (Å²) < 4.78 is 0. The number of hydrogen-bond acceptors (Lipinski definition) is 4. The number of benzene rings is 2. The van der Waals surface area contributed by atoms with Crippen LogP contribution in [0.1, 0.15) is 26.7 Å². The topological polar surface area (TPSA) is 49.8 Å². The molecule has 0 aliphatic carbocycles. The van der Waals surface area contributed by atoms with Crippen LogP contribution in [0.15, 0.2) is 54.6 Å². The van der Waals surface area contributed by atoms with Gasteiger partial charge in [-0.3, -0.25) is 0 Å². The van der Waals surface area contributed by atoms with Crippen molar-refractivity contribution in [2.75, 3.05) is 18.4 Å². The Hall–Kier alpha value is -2.46. The summed E-state index contributed by atoms with van der Waals surface area (Å²) in [5.74, 6) is 0.702. The average Bonchev–Trinajstić information content (AvgIpc) is 3.22. The van der Waals surface area contributed by atoms with Gasteiger partial charge in [0.25, 0.3) is 0 Å². The van der Waals surface area contributed by atoms with E-state index in [1.165, 1.54) is 12.8 Å². The van der Waals surface area contributed by atoms with Gasteiger partial charge in [-0.1, -0.05) is 62.4 Å². The average molecular weight is 346 g/mol. The minimum absolute atomic E-state index is 0.151. The van der Waals surface area contributed by atoms with E-state index in [2.05, 4.69) is 48.7 Å². The zero-order chi connectivity index (χ0) is 18.0. The van der Waals surface area contributed by atoms with Crippen LogP contribution in [0.25, 0.3) is 22.2 Å². The van der Waals surface area contributed by atoms with Gasteiger partial charge < -0.3 is 10.6 Å². The van der Waals surface area contributed by atoms with E-state index in [0.717, 1.165) is 35.2 Å². The quantitative estimate of drug-likeness (QED) is 0.715. The predicted molar refractivity (Wildman–Crippen MR) is 108 cm³/mol. The third kappa shape index (κ3) is 3.42. The molecule has 3 aromatic rings. The van der Waals surface area contributed by atoms with Crippen LogP contribution in [-0.4, -0.2) is 29.1 Å². The van der Waals surface area contributed by atoms with Crippen molar-refractivity contribution in [2.45, 2.75) is 32.7 Å². The maximum absolute atomic E-state index is 4.86. The van der Waals surface area contributed by atoms with Crippen LogP contribution >= 0.6 is 0 Å². The normalized spacial score (nSPS) is 17.5. The molecule has 2 aromatic carbocycles. The molecule has 26 heavy (non-hydrogen) atoms. The summed E-state index contributed by atoms with van der Waals surface area (Å²) in [5, 5.41) is 8.21. The van der Waals surface area contributed by atoms with Crippen LogP contribution in [0.5, 0.6) is 0 Å². The number of nitrogens with zero attached hydrogens (tertiary/aromatic N) is 2. The molecule has 1 fully saturated rings. The first-order chi connectivity index (χ1) is 12.6. The molecule has 4 rings (SSSR count). The Morgan fingerprint density at radius 2 is 1.81 bits per heavy atom. The fourth-order valence-corrected chi connectivity index (χ4v) is 3.75. The molecule has 1 aliphatic rings. The molecule has 0 saturated carbocycles. The molecule has 0 amide bonds. The standard InChI is InChI=1S/C22H26N4/c1-22(2,19-13-8-14-23-19)15-24-21-25-18-12-7-6-11-17(18)20(26-21)16-9-4-3-5-10-16/h3-7,9-12,19,23H,8,13-15H2,1-2H3,(H,24,25,26). The first-order valence-corrected chi connectivity index (χ1v) is 9.43. The van der Waals surface area contributed by atoms with Gasteiger partial charge in [-0.15, -0.1) is 0 Å². The Morgan fingerprint density at radius 3 is 2.58 bits per heavy atom. The van der Waals surface area contributed by atoms with Crippen LogP contribution < -0.4 is 10.6 Å². The Balaban J connectivity index is 1.65. The van der Waals surface area contributed by atoms with Crippen molar-refractivity contribution >= 4 is 16.9 Å². The number of nitrogens with one attached hydrogen (secondary N) is 2. The van der Waals surface area contributed by atoms with Gasteiger partial charge in [-0.25, -0.2) is 9.97 Å². The summed E-state index contributed by atoms with van der Waals surface area (Å²) in [6.45, 7) is 6.58. The van der Waals surface area contributed by atoms with Crippen LogP contribution in [0.2, 0.25) is 0 Å². The van der Waals surface area contributed by atoms with E-state index < -0.39 is 0 Å². The van der Waals surface area contributed by atoms with Gasteiger partial charge in [-0.2, -0.15) is 0 Å². The monoisotopic (exact) mass is 346 g/mol. The van der Waals surface area contributed by atoms with Crippen LogP contribution in [0.3, 0.4) is 0 Å². The maximum Gasteiger partial charge on any atom is 0.223 e. The second-order valence-corrected chi connectivity index (χ2v) is 7.77. The second-order valence-electron chi connectivity index (χ2n) is 7.77. The molecule has 0 bridgehead atoms. The molecule has 4 heteroatoms. The molecule has 1 aromatic heterocycles. The van der Waals surface area contributed by atoms with Crippen molar-refractivity contribution in [1.82, 2.24) is 15.3 Å². The van der Waals surface area contributed by atoms with E-state index in [9.17, 15) is 0 Å². The second kappa shape index (κ2) is 7.04. The Morgan fingerprint density at radius 1 is 1.04 bits per heavy atom.